The highest BCUT2D eigenvalue weighted by atomic mass is 16.5. The van der Waals surface area contributed by atoms with E-state index in [-0.39, 0.29) is 18.1 Å². The molecule has 21 heavy (non-hydrogen) atoms. The summed E-state index contributed by atoms with van der Waals surface area (Å²) < 4.78 is 7.26. The van der Waals surface area contributed by atoms with Crippen molar-refractivity contribution in [3.63, 3.8) is 0 Å². The van der Waals surface area contributed by atoms with Crippen LogP contribution < -0.4 is 5.32 Å². The number of carbonyl (C=O) groups is 1. The molecule has 7 heteroatoms. The third-order valence-corrected chi connectivity index (χ3v) is 3.56. The van der Waals surface area contributed by atoms with E-state index in [0.29, 0.717) is 12.5 Å². The number of nitrogens with zero attached hydrogens (tertiary/aromatic N) is 4. The molecular formula is C14H25N5O2. The fraction of sp³-hybridized carbons (Fsp3) is 0.786. The van der Waals surface area contributed by atoms with Gasteiger partial charge in [-0.25, -0.2) is 9.67 Å². The second-order valence-electron chi connectivity index (χ2n) is 5.94. The summed E-state index contributed by atoms with van der Waals surface area (Å²) in [4.78, 5) is 18.3. The summed E-state index contributed by atoms with van der Waals surface area (Å²) in [7, 11) is 0. The van der Waals surface area contributed by atoms with Gasteiger partial charge in [-0.2, -0.15) is 5.10 Å². The van der Waals surface area contributed by atoms with Crippen LogP contribution in [0, 0.1) is 5.92 Å². The third-order valence-electron chi connectivity index (χ3n) is 3.56. The SMILES string of the molecule is CC(C)CN1CCOC(CNC(=O)C(C)n2cncn2)C1. The molecule has 2 unspecified atom stereocenters. The predicted octanol–water partition coefficient (Wildman–Crippen LogP) is 0.312. The molecule has 0 spiro atoms. The van der Waals surface area contributed by atoms with E-state index in [9.17, 15) is 4.79 Å². The summed E-state index contributed by atoms with van der Waals surface area (Å²) in [5, 5.41) is 6.92. The maximum absolute atomic E-state index is 12.1. The van der Waals surface area contributed by atoms with Gasteiger partial charge in [0.05, 0.1) is 12.7 Å². The van der Waals surface area contributed by atoms with Gasteiger partial charge in [0, 0.05) is 26.2 Å². The highest BCUT2D eigenvalue weighted by Gasteiger charge is 2.22. The molecule has 1 aromatic rings. The lowest BCUT2D eigenvalue weighted by atomic mass is 10.2. The Morgan fingerprint density at radius 1 is 1.48 bits per heavy atom. The first-order chi connectivity index (χ1) is 10.1. The van der Waals surface area contributed by atoms with Crippen molar-refractivity contribution in [1.82, 2.24) is 25.0 Å². The largest absolute Gasteiger partial charge is 0.374 e. The van der Waals surface area contributed by atoms with E-state index in [4.69, 9.17) is 4.74 Å². The number of ether oxygens (including phenoxy) is 1. The Balaban J connectivity index is 1.75. The number of hydrogen-bond acceptors (Lipinski definition) is 5. The minimum atomic E-state index is -0.358. The Bertz CT molecular complexity index is 435. The van der Waals surface area contributed by atoms with Crippen molar-refractivity contribution in [3.05, 3.63) is 12.7 Å². The van der Waals surface area contributed by atoms with Crippen LogP contribution in [0.4, 0.5) is 0 Å². The van der Waals surface area contributed by atoms with Crippen LogP contribution in [0.15, 0.2) is 12.7 Å². The normalized spacial score (nSPS) is 21.4. The van der Waals surface area contributed by atoms with Gasteiger partial charge in [-0.1, -0.05) is 13.8 Å². The molecular weight excluding hydrogens is 270 g/mol. The number of hydrogen-bond donors (Lipinski definition) is 1. The van der Waals surface area contributed by atoms with Crippen molar-refractivity contribution < 1.29 is 9.53 Å². The number of nitrogens with one attached hydrogen (secondary N) is 1. The van der Waals surface area contributed by atoms with Crippen LogP contribution in [-0.2, 0) is 9.53 Å². The van der Waals surface area contributed by atoms with E-state index in [2.05, 4.69) is 34.1 Å². The molecule has 1 fully saturated rings. The zero-order chi connectivity index (χ0) is 15.2. The monoisotopic (exact) mass is 295 g/mol. The topological polar surface area (TPSA) is 72.3 Å². The molecule has 0 bridgehead atoms. The van der Waals surface area contributed by atoms with Gasteiger partial charge in [0.1, 0.15) is 18.7 Å². The maximum atomic E-state index is 12.1. The van der Waals surface area contributed by atoms with Crippen LogP contribution >= 0.6 is 0 Å². The molecule has 2 heterocycles. The Hall–Kier alpha value is -1.47. The standard InChI is InChI=1S/C14H25N5O2/c1-11(2)7-18-4-5-21-13(8-18)6-16-14(20)12(3)19-10-15-9-17-19/h9-13H,4-8H2,1-3H3,(H,16,20). The van der Waals surface area contributed by atoms with Gasteiger partial charge in [-0.05, 0) is 12.8 Å². The lowest BCUT2D eigenvalue weighted by Crippen LogP contribution is -2.49. The molecule has 0 radical (unpaired) electrons. The fourth-order valence-electron chi connectivity index (χ4n) is 2.49. The third kappa shape index (κ3) is 4.78. The van der Waals surface area contributed by atoms with Crippen LogP contribution in [0.25, 0.3) is 0 Å². The van der Waals surface area contributed by atoms with Crippen molar-refractivity contribution >= 4 is 5.91 Å². The minimum absolute atomic E-state index is 0.0596. The molecule has 7 nitrogen and oxygen atoms in total. The van der Waals surface area contributed by atoms with Gasteiger partial charge < -0.3 is 10.1 Å². The number of morpholine rings is 1. The quantitative estimate of drug-likeness (QED) is 0.818. The van der Waals surface area contributed by atoms with E-state index in [1.54, 1.807) is 17.9 Å². The van der Waals surface area contributed by atoms with Crippen LogP contribution in [0.1, 0.15) is 26.8 Å². The van der Waals surface area contributed by atoms with Crippen molar-refractivity contribution in [3.8, 4) is 0 Å². The molecule has 118 valence electrons. The van der Waals surface area contributed by atoms with Gasteiger partial charge in [-0.3, -0.25) is 9.69 Å². The Kier molecular flexibility index (Phi) is 5.69. The highest BCUT2D eigenvalue weighted by molar-refractivity contribution is 5.79. The first-order valence-electron chi connectivity index (χ1n) is 7.52. The number of rotatable bonds is 6. The zero-order valence-corrected chi connectivity index (χ0v) is 13.0. The van der Waals surface area contributed by atoms with Gasteiger partial charge in [0.2, 0.25) is 5.91 Å². The number of amides is 1. The summed E-state index contributed by atoms with van der Waals surface area (Å²) in [5.74, 6) is 0.579. The van der Waals surface area contributed by atoms with Crippen LogP contribution in [-0.4, -0.2) is 64.5 Å². The molecule has 2 rings (SSSR count). The van der Waals surface area contributed by atoms with Gasteiger partial charge in [0.25, 0.3) is 0 Å². The van der Waals surface area contributed by atoms with Crippen LogP contribution in [0.3, 0.4) is 0 Å². The zero-order valence-electron chi connectivity index (χ0n) is 13.0. The lowest BCUT2D eigenvalue weighted by Gasteiger charge is -2.34. The van der Waals surface area contributed by atoms with Gasteiger partial charge in [0.15, 0.2) is 0 Å². The number of carbonyl (C=O) groups excluding carboxylic acids is 1. The molecule has 0 aliphatic carbocycles. The van der Waals surface area contributed by atoms with E-state index in [0.717, 1.165) is 26.2 Å². The average molecular weight is 295 g/mol. The fourth-order valence-corrected chi connectivity index (χ4v) is 2.49. The highest BCUT2D eigenvalue weighted by Crippen LogP contribution is 2.08. The minimum Gasteiger partial charge on any atom is -0.374 e. The molecule has 0 aromatic carbocycles. The van der Waals surface area contributed by atoms with Crippen LogP contribution in [0.5, 0.6) is 0 Å². The van der Waals surface area contributed by atoms with Gasteiger partial charge in [-0.15, -0.1) is 0 Å². The van der Waals surface area contributed by atoms with Crippen molar-refractivity contribution in [2.45, 2.75) is 32.9 Å². The maximum Gasteiger partial charge on any atom is 0.244 e. The molecule has 0 saturated carbocycles. The Labute approximate surface area is 125 Å². The summed E-state index contributed by atoms with van der Waals surface area (Å²) in [6.07, 6.45) is 3.04. The summed E-state index contributed by atoms with van der Waals surface area (Å²) in [6, 6.07) is -0.358. The Morgan fingerprint density at radius 2 is 2.29 bits per heavy atom. The van der Waals surface area contributed by atoms with Crippen molar-refractivity contribution in [2.75, 3.05) is 32.8 Å². The van der Waals surface area contributed by atoms with E-state index in [1.807, 2.05) is 0 Å². The average Bonchev–Trinajstić information content (AvgIpc) is 2.97. The predicted molar refractivity (Wildman–Crippen MR) is 78.8 cm³/mol. The molecule has 1 saturated heterocycles. The summed E-state index contributed by atoms with van der Waals surface area (Å²) in [5.41, 5.74) is 0. The molecule has 1 aliphatic heterocycles. The molecule has 1 amide bonds. The first kappa shape index (κ1) is 15.9. The van der Waals surface area contributed by atoms with Crippen LogP contribution in [0.2, 0.25) is 0 Å². The van der Waals surface area contributed by atoms with E-state index in [1.165, 1.54) is 6.33 Å². The van der Waals surface area contributed by atoms with Gasteiger partial charge >= 0.3 is 0 Å². The number of aromatic nitrogens is 3. The molecule has 1 aromatic heterocycles. The smallest absolute Gasteiger partial charge is 0.244 e. The summed E-state index contributed by atoms with van der Waals surface area (Å²) >= 11 is 0. The molecule has 1 N–H and O–H groups in total. The second-order valence-corrected chi connectivity index (χ2v) is 5.94. The van der Waals surface area contributed by atoms with E-state index < -0.39 is 0 Å². The van der Waals surface area contributed by atoms with Crippen molar-refractivity contribution in [2.24, 2.45) is 5.92 Å². The second kappa shape index (κ2) is 7.51. The molecule has 2 atom stereocenters. The summed E-state index contributed by atoms with van der Waals surface area (Å²) in [6.45, 7) is 10.4. The lowest BCUT2D eigenvalue weighted by molar-refractivity contribution is -0.125. The molecule has 1 aliphatic rings. The van der Waals surface area contributed by atoms with Crippen molar-refractivity contribution in [1.29, 1.82) is 0 Å². The Morgan fingerprint density at radius 3 is 2.95 bits per heavy atom. The first-order valence-corrected chi connectivity index (χ1v) is 7.52. The van der Waals surface area contributed by atoms with E-state index >= 15 is 0 Å².